The first kappa shape index (κ1) is 13.9. The zero-order valence-corrected chi connectivity index (χ0v) is 11.5. The number of hydrogen-bond donors (Lipinski definition) is 1. The van der Waals surface area contributed by atoms with E-state index in [-0.39, 0.29) is 17.9 Å². The summed E-state index contributed by atoms with van der Waals surface area (Å²) >= 11 is 0. The van der Waals surface area contributed by atoms with E-state index < -0.39 is 0 Å². The number of hydrogen-bond acceptors (Lipinski definition) is 4. The number of aryl methyl sites for hydroxylation is 1. The van der Waals surface area contributed by atoms with Crippen LogP contribution in [0.25, 0.3) is 0 Å². The Labute approximate surface area is 114 Å². The lowest BCUT2D eigenvalue weighted by Gasteiger charge is -2.29. The number of ether oxygens (including phenoxy) is 2. The molecule has 0 amide bonds. The second-order valence-electron chi connectivity index (χ2n) is 4.99. The fourth-order valence-electron chi connectivity index (χ4n) is 2.35. The molecule has 0 saturated carbocycles. The SMILES string of the molecule is COC(=O)C(Nc1ccc(C)cc1)C1CCCOC1. The third kappa shape index (κ3) is 3.70. The maximum absolute atomic E-state index is 11.9. The molecule has 1 aromatic carbocycles. The van der Waals surface area contributed by atoms with E-state index in [9.17, 15) is 4.79 Å². The Morgan fingerprint density at radius 2 is 2.16 bits per heavy atom. The summed E-state index contributed by atoms with van der Waals surface area (Å²) in [5, 5.41) is 3.27. The number of methoxy groups -OCH3 is 1. The molecule has 2 rings (SSSR count). The molecular weight excluding hydrogens is 242 g/mol. The van der Waals surface area contributed by atoms with Crippen LogP contribution in [0, 0.1) is 12.8 Å². The van der Waals surface area contributed by atoms with Crippen molar-refractivity contribution >= 4 is 11.7 Å². The number of carbonyl (C=O) groups is 1. The van der Waals surface area contributed by atoms with Crippen LogP contribution in [0.5, 0.6) is 0 Å². The highest BCUT2D eigenvalue weighted by molar-refractivity contribution is 5.79. The van der Waals surface area contributed by atoms with Gasteiger partial charge < -0.3 is 14.8 Å². The molecule has 0 spiro atoms. The van der Waals surface area contributed by atoms with E-state index in [2.05, 4.69) is 5.32 Å². The Hall–Kier alpha value is -1.55. The number of esters is 1. The Bertz CT molecular complexity index is 410. The highest BCUT2D eigenvalue weighted by atomic mass is 16.5. The van der Waals surface area contributed by atoms with Crippen molar-refractivity contribution in [2.24, 2.45) is 5.92 Å². The summed E-state index contributed by atoms with van der Waals surface area (Å²) in [5.74, 6) is -0.0569. The maximum Gasteiger partial charge on any atom is 0.328 e. The van der Waals surface area contributed by atoms with Crippen LogP contribution >= 0.6 is 0 Å². The van der Waals surface area contributed by atoms with E-state index in [1.807, 2.05) is 31.2 Å². The molecule has 1 aliphatic heterocycles. The van der Waals surface area contributed by atoms with E-state index in [0.29, 0.717) is 6.61 Å². The molecule has 2 unspecified atom stereocenters. The average Bonchev–Trinajstić information content (AvgIpc) is 2.47. The first-order chi connectivity index (χ1) is 9.20. The van der Waals surface area contributed by atoms with Crippen molar-refractivity contribution in [1.82, 2.24) is 0 Å². The van der Waals surface area contributed by atoms with Gasteiger partial charge in [-0.15, -0.1) is 0 Å². The summed E-state index contributed by atoms with van der Waals surface area (Å²) < 4.78 is 10.4. The van der Waals surface area contributed by atoms with Gasteiger partial charge in [-0.2, -0.15) is 0 Å². The van der Waals surface area contributed by atoms with Gasteiger partial charge in [0.15, 0.2) is 0 Å². The number of benzene rings is 1. The van der Waals surface area contributed by atoms with Crippen LogP contribution in [0.15, 0.2) is 24.3 Å². The zero-order valence-electron chi connectivity index (χ0n) is 11.5. The first-order valence-corrected chi connectivity index (χ1v) is 6.69. The quantitative estimate of drug-likeness (QED) is 0.847. The second-order valence-corrected chi connectivity index (χ2v) is 4.99. The standard InChI is InChI=1S/C15H21NO3/c1-11-5-7-13(8-6-11)16-14(15(17)18-2)12-4-3-9-19-10-12/h5-8,12,14,16H,3-4,9-10H2,1-2H3. The number of anilines is 1. The van der Waals surface area contributed by atoms with E-state index in [0.717, 1.165) is 25.1 Å². The maximum atomic E-state index is 11.9. The van der Waals surface area contributed by atoms with Gasteiger partial charge >= 0.3 is 5.97 Å². The average molecular weight is 263 g/mol. The Kier molecular flexibility index (Phi) is 4.80. The summed E-state index contributed by atoms with van der Waals surface area (Å²) in [6.45, 7) is 3.43. The van der Waals surface area contributed by atoms with Crippen LogP contribution < -0.4 is 5.32 Å². The van der Waals surface area contributed by atoms with Gasteiger partial charge in [0.25, 0.3) is 0 Å². The smallest absolute Gasteiger partial charge is 0.328 e. The Morgan fingerprint density at radius 1 is 1.42 bits per heavy atom. The van der Waals surface area contributed by atoms with Crippen LogP contribution in [0.1, 0.15) is 18.4 Å². The number of nitrogens with one attached hydrogen (secondary N) is 1. The number of rotatable bonds is 4. The molecule has 0 bridgehead atoms. The van der Waals surface area contributed by atoms with Crippen molar-refractivity contribution in [1.29, 1.82) is 0 Å². The summed E-state index contributed by atoms with van der Waals surface area (Å²) in [7, 11) is 1.43. The van der Waals surface area contributed by atoms with Gasteiger partial charge in [0.2, 0.25) is 0 Å². The van der Waals surface area contributed by atoms with Crippen molar-refractivity contribution in [3.8, 4) is 0 Å². The Balaban J connectivity index is 2.08. The van der Waals surface area contributed by atoms with E-state index in [1.165, 1.54) is 12.7 Å². The van der Waals surface area contributed by atoms with E-state index >= 15 is 0 Å². The van der Waals surface area contributed by atoms with E-state index in [1.54, 1.807) is 0 Å². The first-order valence-electron chi connectivity index (χ1n) is 6.69. The van der Waals surface area contributed by atoms with Crippen molar-refractivity contribution in [2.45, 2.75) is 25.8 Å². The normalized spacial score (nSPS) is 20.6. The predicted molar refractivity (Wildman–Crippen MR) is 74.1 cm³/mol. The van der Waals surface area contributed by atoms with Crippen LogP contribution in [-0.4, -0.2) is 32.3 Å². The minimum absolute atomic E-state index is 0.169. The highest BCUT2D eigenvalue weighted by Crippen LogP contribution is 2.22. The minimum atomic E-state index is -0.340. The topological polar surface area (TPSA) is 47.6 Å². The molecule has 1 aliphatic rings. The second kappa shape index (κ2) is 6.57. The van der Waals surface area contributed by atoms with Gasteiger partial charge in [-0.05, 0) is 31.9 Å². The molecule has 1 heterocycles. The molecule has 0 aromatic heterocycles. The fraction of sp³-hybridized carbons (Fsp3) is 0.533. The largest absolute Gasteiger partial charge is 0.467 e. The summed E-state index contributed by atoms with van der Waals surface area (Å²) in [5.41, 5.74) is 2.13. The molecule has 0 radical (unpaired) electrons. The van der Waals surface area contributed by atoms with Gasteiger partial charge in [0.05, 0.1) is 13.7 Å². The van der Waals surface area contributed by atoms with Gasteiger partial charge in [-0.1, -0.05) is 17.7 Å². The molecule has 1 saturated heterocycles. The third-order valence-electron chi connectivity index (χ3n) is 3.50. The molecule has 1 N–H and O–H groups in total. The lowest BCUT2D eigenvalue weighted by Crippen LogP contribution is -2.41. The van der Waals surface area contributed by atoms with Crippen LogP contribution in [0.2, 0.25) is 0 Å². The molecule has 0 aliphatic carbocycles. The van der Waals surface area contributed by atoms with Gasteiger partial charge in [-0.3, -0.25) is 0 Å². The molecule has 104 valence electrons. The Morgan fingerprint density at radius 3 is 2.74 bits per heavy atom. The van der Waals surface area contributed by atoms with Crippen molar-refractivity contribution in [3.63, 3.8) is 0 Å². The molecular formula is C15H21NO3. The van der Waals surface area contributed by atoms with Gasteiger partial charge in [-0.25, -0.2) is 4.79 Å². The fourth-order valence-corrected chi connectivity index (χ4v) is 2.35. The van der Waals surface area contributed by atoms with E-state index in [4.69, 9.17) is 9.47 Å². The predicted octanol–water partition coefficient (Wildman–Crippen LogP) is 2.38. The highest BCUT2D eigenvalue weighted by Gasteiger charge is 2.30. The monoisotopic (exact) mass is 263 g/mol. The van der Waals surface area contributed by atoms with Crippen molar-refractivity contribution < 1.29 is 14.3 Å². The van der Waals surface area contributed by atoms with Crippen molar-refractivity contribution in [3.05, 3.63) is 29.8 Å². The molecule has 4 nitrogen and oxygen atoms in total. The van der Waals surface area contributed by atoms with Crippen LogP contribution in [0.3, 0.4) is 0 Å². The van der Waals surface area contributed by atoms with Gasteiger partial charge in [0, 0.05) is 18.2 Å². The number of carbonyl (C=O) groups excluding carboxylic acids is 1. The molecule has 2 atom stereocenters. The molecule has 19 heavy (non-hydrogen) atoms. The molecule has 4 heteroatoms. The molecule has 1 fully saturated rings. The van der Waals surface area contributed by atoms with Crippen LogP contribution in [-0.2, 0) is 14.3 Å². The molecule has 1 aromatic rings. The summed E-state index contributed by atoms with van der Waals surface area (Å²) in [6.07, 6.45) is 1.98. The minimum Gasteiger partial charge on any atom is -0.467 e. The summed E-state index contributed by atoms with van der Waals surface area (Å²) in [6, 6.07) is 7.67. The van der Waals surface area contributed by atoms with Gasteiger partial charge in [0.1, 0.15) is 6.04 Å². The van der Waals surface area contributed by atoms with Crippen LogP contribution in [0.4, 0.5) is 5.69 Å². The summed E-state index contributed by atoms with van der Waals surface area (Å²) in [4.78, 5) is 11.9. The lowest BCUT2D eigenvalue weighted by molar-refractivity contribution is -0.144. The zero-order chi connectivity index (χ0) is 13.7. The lowest BCUT2D eigenvalue weighted by atomic mass is 9.93. The van der Waals surface area contributed by atoms with Crippen molar-refractivity contribution in [2.75, 3.05) is 25.6 Å². The third-order valence-corrected chi connectivity index (χ3v) is 3.50.